The molecule has 92 valence electrons. The van der Waals surface area contributed by atoms with Gasteiger partial charge in [0.25, 0.3) is 0 Å². The number of halogens is 2. The Balaban J connectivity index is 3.43. The first-order valence-corrected chi connectivity index (χ1v) is 5.53. The van der Waals surface area contributed by atoms with E-state index in [1.807, 2.05) is 0 Å². The van der Waals surface area contributed by atoms with Crippen LogP contribution in [0.2, 0.25) is 0 Å². The van der Waals surface area contributed by atoms with Crippen LogP contribution >= 0.6 is 0 Å². The fourth-order valence-electron chi connectivity index (χ4n) is 1.82. The van der Waals surface area contributed by atoms with E-state index in [2.05, 4.69) is 0 Å². The van der Waals surface area contributed by atoms with Crippen LogP contribution in [0.1, 0.15) is 18.9 Å². The maximum atomic E-state index is 13.0. The first kappa shape index (κ1) is 13.9. The predicted octanol–water partition coefficient (Wildman–Crippen LogP) is 3.78. The second kappa shape index (κ2) is 6.51. The summed E-state index contributed by atoms with van der Waals surface area (Å²) in [7, 11) is 0. The maximum Gasteiger partial charge on any atom is 0.245 e. The lowest BCUT2D eigenvalue weighted by molar-refractivity contribution is 0.103. The maximum absolute atomic E-state index is 13.0. The molecule has 0 aliphatic carbocycles. The Hall–Kier alpha value is -2.20. The molecule has 0 fully saturated rings. The lowest BCUT2D eigenvalue weighted by atomic mass is 9.87. The van der Waals surface area contributed by atoms with Crippen molar-refractivity contribution in [1.82, 2.24) is 0 Å². The Morgan fingerprint density at radius 1 is 1.17 bits per heavy atom. The smallest absolute Gasteiger partial charge is 0.210 e. The minimum Gasteiger partial charge on any atom is -0.210 e. The number of hydrogen-bond donors (Lipinski definition) is 0. The summed E-state index contributed by atoms with van der Waals surface area (Å²) in [6.45, 7) is 1.62. The molecule has 0 heterocycles. The van der Waals surface area contributed by atoms with Crippen LogP contribution in [-0.2, 0) is 0 Å². The molecule has 0 saturated heterocycles. The van der Waals surface area contributed by atoms with Crippen LogP contribution in [0, 0.1) is 28.6 Å². The van der Waals surface area contributed by atoms with E-state index in [9.17, 15) is 8.78 Å². The van der Waals surface area contributed by atoms with Crippen molar-refractivity contribution >= 4 is 5.57 Å². The average molecular weight is 246 g/mol. The molecule has 1 rings (SSSR count). The van der Waals surface area contributed by atoms with Crippen LogP contribution in [0.5, 0.6) is 0 Å². The van der Waals surface area contributed by atoms with E-state index in [-0.39, 0.29) is 17.6 Å². The number of hydrogen-bond acceptors (Lipinski definition) is 2. The van der Waals surface area contributed by atoms with Gasteiger partial charge in [0.15, 0.2) is 0 Å². The Bertz CT molecular complexity index is 491. The second-order valence-electron chi connectivity index (χ2n) is 3.73. The number of alkyl halides is 2. The Morgan fingerprint density at radius 3 is 2.11 bits per heavy atom. The van der Waals surface area contributed by atoms with E-state index >= 15 is 0 Å². The SMILES string of the molecule is CCC(C(=C(C#N)C#N)c1ccccc1)C(F)F. The van der Waals surface area contributed by atoms with Gasteiger partial charge in [-0.15, -0.1) is 0 Å². The summed E-state index contributed by atoms with van der Waals surface area (Å²) in [5.74, 6) is -1.10. The summed E-state index contributed by atoms with van der Waals surface area (Å²) < 4.78 is 26.0. The van der Waals surface area contributed by atoms with Crippen molar-refractivity contribution in [3.63, 3.8) is 0 Å². The van der Waals surface area contributed by atoms with Gasteiger partial charge in [0.05, 0.1) is 0 Å². The monoisotopic (exact) mass is 246 g/mol. The van der Waals surface area contributed by atoms with Crippen LogP contribution in [0.3, 0.4) is 0 Å². The highest BCUT2D eigenvalue weighted by Crippen LogP contribution is 2.33. The zero-order chi connectivity index (χ0) is 13.5. The fourth-order valence-corrected chi connectivity index (χ4v) is 1.82. The van der Waals surface area contributed by atoms with Crippen molar-refractivity contribution in [2.24, 2.45) is 5.92 Å². The van der Waals surface area contributed by atoms with Crippen LogP contribution < -0.4 is 0 Å². The minimum absolute atomic E-state index is 0.137. The van der Waals surface area contributed by atoms with Crippen molar-refractivity contribution in [3.05, 3.63) is 41.5 Å². The normalized spacial score (nSPS) is 11.4. The van der Waals surface area contributed by atoms with Crippen molar-refractivity contribution in [1.29, 1.82) is 10.5 Å². The van der Waals surface area contributed by atoms with E-state index < -0.39 is 12.3 Å². The Morgan fingerprint density at radius 2 is 1.72 bits per heavy atom. The van der Waals surface area contributed by atoms with Crippen LogP contribution in [0.4, 0.5) is 8.78 Å². The standard InChI is InChI=1S/C14H12F2N2/c1-2-12(14(15)16)13(11(8-17)9-18)10-6-4-3-5-7-10/h3-7,12,14H,2H2,1H3. The first-order chi connectivity index (χ1) is 8.65. The second-order valence-corrected chi connectivity index (χ2v) is 3.73. The lowest BCUT2D eigenvalue weighted by Crippen LogP contribution is -2.14. The van der Waals surface area contributed by atoms with Crippen molar-refractivity contribution in [2.75, 3.05) is 0 Å². The average Bonchev–Trinajstić information content (AvgIpc) is 2.39. The summed E-state index contributed by atoms with van der Waals surface area (Å²) >= 11 is 0. The van der Waals surface area contributed by atoms with Gasteiger partial charge in [0, 0.05) is 5.92 Å². The van der Waals surface area contributed by atoms with E-state index in [1.165, 1.54) is 0 Å². The summed E-state index contributed by atoms with van der Waals surface area (Å²) in [6, 6.07) is 11.8. The van der Waals surface area contributed by atoms with Gasteiger partial charge in [-0.2, -0.15) is 10.5 Å². The molecule has 1 atom stereocenters. The highest BCUT2D eigenvalue weighted by molar-refractivity contribution is 5.76. The van der Waals surface area contributed by atoms with Gasteiger partial charge in [0.2, 0.25) is 6.43 Å². The fraction of sp³-hybridized carbons (Fsp3) is 0.286. The molecule has 0 amide bonds. The molecule has 2 nitrogen and oxygen atoms in total. The van der Waals surface area contributed by atoms with Gasteiger partial charge in [-0.3, -0.25) is 0 Å². The molecule has 0 N–H and O–H groups in total. The predicted molar refractivity (Wildman–Crippen MR) is 64.4 cm³/mol. The Kier molecular flexibility index (Phi) is 5.02. The molecule has 0 aliphatic rings. The molecule has 1 aromatic rings. The van der Waals surface area contributed by atoms with Gasteiger partial charge in [-0.1, -0.05) is 37.3 Å². The number of benzene rings is 1. The van der Waals surface area contributed by atoms with Crippen LogP contribution in [0.15, 0.2) is 35.9 Å². The topological polar surface area (TPSA) is 47.6 Å². The quantitative estimate of drug-likeness (QED) is 0.759. The molecule has 0 saturated carbocycles. The van der Waals surface area contributed by atoms with E-state index in [0.29, 0.717) is 5.56 Å². The van der Waals surface area contributed by atoms with Gasteiger partial charge in [-0.25, -0.2) is 8.78 Å². The first-order valence-electron chi connectivity index (χ1n) is 5.53. The molecule has 18 heavy (non-hydrogen) atoms. The third kappa shape index (κ3) is 2.93. The minimum atomic E-state index is -2.60. The van der Waals surface area contributed by atoms with Gasteiger partial charge < -0.3 is 0 Å². The molecular weight excluding hydrogens is 234 g/mol. The van der Waals surface area contributed by atoms with Crippen LogP contribution in [-0.4, -0.2) is 6.43 Å². The molecule has 0 bridgehead atoms. The van der Waals surface area contributed by atoms with Crippen molar-refractivity contribution in [2.45, 2.75) is 19.8 Å². The lowest BCUT2D eigenvalue weighted by Gasteiger charge is -2.18. The third-order valence-corrected chi connectivity index (χ3v) is 2.69. The summed E-state index contributed by atoms with van der Waals surface area (Å²) in [4.78, 5) is 0. The van der Waals surface area contributed by atoms with E-state index in [4.69, 9.17) is 10.5 Å². The van der Waals surface area contributed by atoms with Crippen molar-refractivity contribution < 1.29 is 8.78 Å². The van der Waals surface area contributed by atoms with E-state index in [0.717, 1.165) is 0 Å². The third-order valence-electron chi connectivity index (χ3n) is 2.69. The highest BCUT2D eigenvalue weighted by atomic mass is 19.3. The van der Waals surface area contributed by atoms with E-state index in [1.54, 1.807) is 49.4 Å². The summed E-state index contributed by atoms with van der Waals surface area (Å²) in [5.41, 5.74) is 0.397. The molecule has 0 spiro atoms. The highest BCUT2D eigenvalue weighted by Gasteiger charge is 2.27. The molecule has 4 heteroatoms. The number of allylic oxidation sites excluding steroid dienone is 2. The largest absolute Gasteiger partial charge is 0.245 e. The molecule has 1 unspecified atom stereocenters. The summed E-state index contributed by atoms with van der Waals surface area (Å²) in [6.07, 6.45) is -2.42. The zero-order valence-corrected chi connectivity index (χ0v) is 9.90. The van der Waals surface area contributed by atoms with Crippen LogP contribution in [0.25, 0.3) is 5.57 Å². The molecule has 0 aliphatic heterocycles. The summed E-state index contributed by atoms with van der Waals surface area (Å²) in [5, 5.41) is 17.8. The molecule has 0 aromatic heterocycles. The number of nitriles is 2. The molecule has 0 radical (unpaired) electrons. The van der Waals surface area contributed by atoms with Crippen molar-refractivity contribution in [3.8, 4) is 12.1 Å². The van der Waals surface area contributed by atoms with Gasteiger partial charge in [-0.05, 0) is 17.6 Å². The van der Waals surface area contributed by atoms with Gasteiger partial charge in [0.1, 0.15) is 17.7 Å². The molecule has 1 aromatic carbocycles. The molecular formula is C14H12F2N2. The zero-order valence-electron chi connectivity index (χ0n) is 9.90. The number of rotatable bonds is 4. The Labute approximate surface area is 105 Å². The number of nitrogens with zero attached hydrogens (tertiary/aromatic N) is 2. The van der Waals surface area contributed by atoms with Gasteiger partial charge >= 0.3 is 0 Å².